The first-order chi connectivity index (χ1) is 10.2. The molecule has 108 valence electrons. The van der Waals surface area contributed by atoms with Crippen LogP contribution in [-0.4, -0.2) is 18.7 Å². The minimum Gasteiger partial charge on any atom is -0.482 e. The van der Waals surface area contributed by atoms with E-state index in [9.17, 15) is 4.79 Å². The maximum absolute atomic E-state index is 11.8. The molecule has 2 aromatic carbocycles. The lowest BCUT2D eigenvalue weighted by atomic mass is 10.1. The summed E-state index contributed by atoms with van der Waals surface area (Å²) in [5.74, 6) is 1.95. The zero-order valence-electron chi connectivity index (χ0n) is 11.7. The minimum absolute atomic E-state index is 0.00322. The van der Waals surface area contributed by atoms with Gasteiger partial charge in [-0.25, -0.2) is 0 Å². The van der Waals surface area contributed by atoms with Gasteiger partial charge in [0.05, 0.1) is 0 Å². The SMILES string of the molecule is CC(=O)C(Cc1ccccc1)Oc1ccc2c(c1)OCO2. The molecule has 0 N–H and O–H groups in total. The summed E-state index contributed by atoms with van der Waals surface area (Å²) in [5, 5.41) is 0. The third-order valence-corrected chi connectivity index (χ3v) is 3.34. The number of hydrogen-bond donors (Lipinski definition) is 0. The molecule has 1 aliphatic rings. The van der Waals surface area contributed by atoms with E-state index >= 15 is 0 Å². The largest absolute Gasteiger partial charge is 0.482 e. The molecule has 0 amide bonds. The van der Waals surface area contributed by atoms with Crippen LogP contribution in [0.2, 0.25) is 0 Å². The van der Waals surface area contributed by atoms with E-state index in [1.165, 1.54) is 0 Å². The summed E-state index contributed by atoms with van der Waals surface area (Å²) in [5.41, 5.74) is 1.07. The summed E-state index contributed by atoms with van der Waals surface area (Å²) < 4.78 is 16.4. The lowest BCUT2D eigenvalue weighted by Gasteiger charge is -2.17. The number of carbonyl (C=O) groups excluding carboxylic acids is 1. The number of carbonyl (C=O) groups is 1. The van der Waals surface area contributed by atoms with Crippen molar-refractivity contribution < 1.29 is 19.0 Å². The molecule has 0 aromatic heterocycles. The Morgan fingerprint density at radius 1 is 1.14 bits per heavy atom. The summed E-state index contributed by atoms with van der Waals surface area (Å²) in [4.78, 5) is 11.8. The topological polar surface area (TPSA) is 44.8 Å². The van der Waals surface area contributed by atoms with Gasteiger partial charge in [-0.2, -0.15) is 0 Å². The molecule has 0 saturated carbocycles. The zero-order chi connectivity index (χ0) is 14.7. The van der Waals surface area contributed by atoms with Crippen molar-refractivity contribution in [3.05, 3.63) is 54.1 Å². The number of rotatable bonds is 5. The second-order valence-electron chi connectivity index (χ2n) is 4.92. The highest BCUT2D eigenvalue weighted by Crippen LogP contribution is 2.35. The fourth-order valence-electron chi connectivity index (χ4n) is 2.21. The van der Waals surface area contributed by atoms with Gasteiger partial charge in [0, 0.05) is 12.5 Å². The molecule has 4 nitrogen and oxygen atoms in total. The van der Waals surface area contributed by atoms with Crippen molar-refractivity contribution in [2.75, 3.05) is 6.79 Å². The molecule has 0 saturated heterocycles. The van der Waals surface area contributed by atoms with Crippen molar-refractivity contribution in [1.29, 1.82) is 0 Å². The minimum atomic E-state index is -0.507. The summed E-state index contributed by atoms with van der Waals surface area (Å²) in [6.07, 6.45) is 0.0396. The van der Waals surface area contributed by atoms with Crippen LogP contribution in [0.3, 0.4) is 0 Å². The molecule has 2 aromatic rings. The number of ether oxygens (including phenoxy) is 3. The van der Waals surface area contributed by atoms with Crippen LogP contribution in [0.4, 0.5) is 0 Å². The molecular weight excluding hydrogens is 268 g/mol. The first-order valence-corrected chi connectivity index (χ1v) is 6.83. The standard InChI is InChI=1S/C17H16O4/c1-12(18)16(9-13-5-3-2-4-6-13)21-14-7-8-15-17(10-14)20-11-19-15/h2-8,10,16H,9,11H2,1H3. The summed E-state index contributed by atoms with van der Waals surface area (Å²) >= 11 is 0. The van der Waals surface area contributed by atoms with Gasteiger partial charge in [-0.1, -0.05) is 30.3 Å². The Morgan fingerprint density at radius 2 is 1.90 bits per heavy atom. The Labute approximate surface area is 123 Å². The van der Waals surface area contributed by atoms with Crippen molar-refractivity contribution in [1.82, 2.24) is 0 Å². The van der Waals surface area contributed by atoms with Gasteiger partial charge < -0.3 is 14.2 Å². The molecule has 0 radical (unpaired) electrons. The summed E-state index contributed by atoms with van der Waals surface area (Å²) in [7, 11) is 0. The predicted octanol–water partition coefficient (Wildman–Crippen LogP) is 2.99. The molecule has 0 fully saturated rings. The van der Waals surface area contributed by atoms with E-state index in [0.29, 0.717) is 23.7 Å². The van der Waals surface area contributed by atoms with Crippen LogP contribution in [-0.2, 0) is 11.2 Å². The third-order valence-electron chi connectivity index (χ3n) is 3.34. The Bertz CT molecular complexity index is 636. The van der Waals surface area contributed by atoms with Crippen LogP contribution in [0.1, 0.15) is 12.5 Å². The molecule has 1 unspecified atom stereocenters. The van der Waals surface area contributed by atoms with E-state index in [1.54, 1.807) is 25.1 Å². The van der Waals surface area contributed by atoms with Crippen molar-refractivity contribution in [3.8, 4) is 17.2 Å². The highest BCUT2D eigenvalue weighted by Gasteiger charge is 2.19. The average molecular weight is 284 g/mol. The summed E-state index contributed by atoms with van der Waals surface area (Å²) in [6.45, 7) is 1.76. The van der Waals surface area contributed by atoms with E-state index in [-0.39, 0.29) is 12.6 Å². The normalized spacial score (nSPS) is 13.8. The second kappa shape index (κ2) is 5.87. The van der Waals surface area contributed by atoms with E-state index in [0.717, 1.165) is 5.56 Å². The van der Waals surface area contributed by atoms with E-state index in [4.69, 9.17) is 14.2 Å². The van der Waals surface area contributed by atoms with Gasteiger partial charge in [-0.15, -0.1) is 0 Å². The molecule has 3 rings (SSSR count). The Kier molecular flexibility index (Phi) is 3.77. The van der Waals surface area contributed by atoms with Crippen LogP contribution in [0.5, 0.6) is 17.2 Å². The van der Waals surface area contributed by atoms with E-state index in [2.05, 4.69) is 0 Å². The first kappa shape index (κ1) is 13.5. The molecule has 0 aliphatic carbocycles. The molecule has 1 heterocycles. The monoisotopic (exact) mass is 284 g/mol. The third kappa shape index (κ3) is 3.16. The lowest BCUT2D eigenvalue weighted by molar-refractivity contribution is -0.123. The Morgan fingerprint density at radius 3 is 2.67 bits per heavy atom. The average Bonchev–Trinajstić information content (AvgIpc) is 2.95. The molecular formula is C17H16O4. The maximum Gasteiger partial charge on any atom is 0.231 e. The molecule has 0 bridgehead atoms. The molecule has 1 aliphatic heterocycles. The van der Waals surface area contributed by atoms with E-state index < -0.39 is 6.10 Å². The fourth-order valence-corrected chi connectivity index (χ4v) is 2.21. The number of hydrogen-bond acceptors (Lipinski definition) is 4. The molecule has 1 atom stereocenters. The number of ketones is 1. The highest BCUT2D eigenvalue weighted by molar-refractivity contribution is 5.81. The van der Waals surface area contributed by atoms with E-state index in [1.807, 2.05) is 30.3 Å². The van der Waals surface area contributed by atoms with Crippen molar-refractivity contribution in [2.45, 2.75) is 19.4 Å². The van der Waals surface area contributed by atoms with Gasteiger partial charge in [-0.3, -0.25) is 4.79 Å². The van der Waals surface area contributed by atoms with Gasteiger partial charge in [0.1, 0.15) is 5.75 Å². The van der Waals surface area contributed by atoms with Crippen LogP contribution < -0.4 is 14.2 Å². The second-order valence-corrected chi connectivity index (χ2v) is 4.92. The zero-order valence-corrected chi connectivity index (χ0v) is 11.7. The smallest absolute Gasteiger partial charge is 0.231 e. The van der Waals surface area contributed by atoms with Crippen LogP contribution in [0.15, 0.2) is 48.5 Å². The van der Waals surface area contributed by atoms with Crippen molar-refractivity contribution in [3.63, 3.8) is 0 Å². The lowest BCUT2D eigenvalue weighted by Crippen LogP contribution is -2.27. The van der Waals surface area contributed by atoms with Gasteiger partial charge in [0.15, 0.2) is 23.4 Å². The number of Topliss-reactive ketones (excluding diaryl/α,β-unsaturated/α-hetero) is 1. The number of fused-ring (bicyclic) bond motifs is 1. The molecule has 21 heavy (non-hydrogen) atoms. The Hall–Kier alpha value is -2.49. The fraction of sp³-hybridized carbons (Fsp3) is 0.235. The van der Waals surface area contributed by atoms with Crippen molar-refractivity contribution >= 4 is 5.78 Å². The van der Waals surface area contributed by atoms with Gasteiger partial charge in [-0.05, 0) is 24.6 Å². The summed E-state index contributed by atoms with van der Waals surface area (Å²) in [6, 6.07) is 15.2. The van der Waals surface area contributed by atoms with Gasteiger partial charge >= 0.3 is 0 Å². The first-order valence-electron chi connectivity index (χ1n) is 6.83. The quantitative estimate of drug-likeness (QED) is 0.846. The molecule has 4 heteroatoms. The van der Waals surface area contributed by atoms with Gasteiger partial charge in [0.2, 0.25) is 6.79 Å². The van der Waals surface area contributed by atoms with Crippen LogP contribution in [0.25, 0.3) is 0 Å². The predicted molar refractivity (Wildman–Crippen MR) is 77.8 cm³/mol. The van der Waals surface area contributed by atoms with Crippen LogP contribution in [0, 0.1) is 0 Å². The van der Waals surface area contributed by atoms with Crippen molar-refractivity contribution in [2.24, 2.45) is 0 Å². The van der Waals surface area contributed by atoms with Gasteiger partial charge in [0.25, 0.3) is 0 Å². The molecule has 0 spiro atoms. The van der Waals surface area contributed by atoms with Crippen LogP contribution >= 0.6 is 0 Å². The highest BCUT2D eigenvalue weighted by atomic mass is 16.7. The maximum atomic E-state index is 11.8. The number of benzene rings is 2. The Balaban J connectivity index is 1.75.